The van der Waals surface area contributed by atoms with Crippen LogP contribution < -0.4 is 0 Å². The summed E-state index contributed by atoms with van der Waals surface area (Å²) in [5.74, 6) is -0.520. The molecule has 0 aromatic heterocycles. The molecule has 34 heavy (non-hydrogen) atoms. The fourth-order valence-electron chi connectivity index (χ4n) is 3.66. The third-order valence-electron chi connectivity index (χ3n) is 5.33. The van der Waals surface area contributed by atoms with E-state index in [4.69, 9.17) is 23.7 Å². The first kappa shape index (κ1) is 29.6. The van der Waals surface area contributed by atoms with Crippen molar-refractivity contribution in [1.29, 1.82) is 0 Å². The van der Waals surface area contributed by atoms with E-state index in [1.807, 2.05) is 58.0 Å². The monoisotopic (exact) mass is 479 g/mol. The van der Waals surface area contributed by atoms with Crippen LogP contribution in [0.4, 0.5) is 4.79 Å². The Labute approximate surface area is 204 Å². The quantitative estimate of drug-likeness (QED) is 0.217. The number of rotatable bonds is 14. The number of amides is 1. The van der Waals surface area contributed by atoms with E-state index in [9.17, 15) is 9.59 Å². The van der Waals surface area contributed by atoms with Crippen molar-refractivity contribution in [2.75, 3.05) is 14.2 Å². The van der Waals surface area contributed by atoms with Crippen molar-refractivity contribution in [2.45, 2.75) is 91.3 Å². The molecule has 1 aromatic carbocycles. The van der Waals surface area contributed by atoms with Gasteiger partial charge in [0.15, 0.2) is 18.5 Å². The van der Waals surface area contributed by atoms with Crippen LogP contribution in [0.2, 0.25) is 0 Å². The lowest BCUT2D eigenvalue weighted by atomic mass is 9.98. The van der Waals surface area contributed by atoms with Gasteiger partial charge in [0.2, 0.25) is 0 Å². The molecule has 192 valence electrons. The van der Waals surface area contributed by atoms with Gasteiger partial charge in [0.1, 0.15) is 0 Å². The molecule has 0 fully saturated rings. The van der Waals surface area contributed by atoms with Gasteiger partial charge in [0, 0.05) is 39.6 Å². The van der Waals surface area contributed by atoms with Gasteiger partial charge >= 0.3 is 12.1 Å². The highest BCUT2D eigenvalue weighted by molar-refractivity contribution is 5.69. The van der Waals surface area contributed by atoms with E-state index in [-0.39, 0.29) is 18.5 Å². The Balaban J connectivity index is 3.24. The zero-order valence-corrected chi connectivity index (χ0v) is 21.8. The first-order valence-corrected chi connectivity index (χ1v) is 11.6. The second kappa shape index (κ2) is 14.8. The second-order valence-electron chi connectivity index (χ2n) is 8.74. The minimum absolute atomic E-state index is 0.0916. The Morgan fingerprint density at radius 2 is 1.50 bits per heavy atom. The van der Waals surface area contributed by atoms with E-state index in [2.05, 4.69) is 6.58 Å². The summed E-state index contributed by atoms with van der Waals surface area (Å²) in [5, 5.41) is 0. The Morgan fingerprint density at radius 1 is 0.941 bits per heavy atom. The van der Waals surface area contributed by atoms with Crippen LogP contribution in [0.1, 0.15) is 53.5 Å². The molecule has 0 saturated carbocycles. The van der Waals surface area contributed by atoms with Gasteiger partial charge < -0.3 is 28.6 Å². The average Bonchev–Trinajstić information content (AvgIpc) is 2.77. The molecular formula is C26H41NO7. The number of benzene rings is 1. The van der Waals surface area contributed by atoms with Gasteiger partial charge in [-0.2, -0.15) is 0 Å². The molecule has 0 N–H and O–H groups in total. The predicted octanol–water partition coefficient (Wildman–Crippen LogP) is 4.71. The summed E-state index contributed by atoms with van der Waals surface area (Å²) in [6, 6.07) is 9.45. The Hall–Kier alpha value is -2.42. The van der Waals surface area contributed by atoms with Crippen LogP contribution in [0.15, 0.2) is 42.5 Å². The molecule has 0 heterocycles. The minimum Gasteiger partial charge on any atom is -0.455 e. The minimum atomic E-state index is -0.977. The van der Waals surface area contributed by atoms with E-state index >= 15 is 0 Å². The number of methoxy groups -OCH3 is 2. The molecule has 0 spiro atoms. The van der Waals surface area contributed by atoms with Crippen LogP contribution in [0.3, 0.4) is 0 Å². The highest BCUT2D eigenvalue weighted by Gasteiger charge is 2.38. The number of ether oxygens (including phenoxy) is 5. The second-order valence-corrected chi connectivity index (χ2v) is 8.74. The van der Waals surface area contributed by atoms with Crippen LogP contribution in [-0.4, -0.2) is 67.9 Å². The average molecular weight is 480 g/mol. The van der Waals surface area contributed by atoms with Gasteiger partial charge in [-0.05, 0) is 45.8 Å². The number of carbonyl (C=O) groups excluding carboxylic acids is 2. The van der Waals surface area contributed by atoms with Crippen molar-refractivity contribution in [2.24, 2.45) is 0 Å². The summed E-state index contributed by atoms with van der Waals surface area (Å²) < 4.78 is 28.2. The predicted molar refractivity (Wildman–Crippen MR) is 130 cm³/mol. The standard InChI is InChI=1S/C26H41NO7/c1-17(2)27(18(3)4)26(29)34-24(19(5)15-23(30-8)31-9)25(33-21(7)28)20(6)32-16-22-13-11-10-12-14-22/h10-14,17-18,20,23-25H,5,15-16H2,1-4,6-9H3/t20-,24-,25+/m0/s1. The number of esters is 1. The maximum Gasteiger partial charge on any atom is 0.410 e. The smallest absolute Gasteiger partial charge is 0.410 e. The summed E-state index contributed by atoms with van der Waals surface area (Å²) in [6.45, 7) is 15.1. The summed E-state index contributed by atoms with van der Waals surface area (Å²) in [4.78, 5) is 26.8. The Bertz CT molecular complexity index is 754. The van der Waals surface area contributed by atoms with Crippen LogP contribution >= 0.6 is 0 Å². The summed E-state index contributed by atoms with van der Waals surface area (Å²) in [7, 11) is 3.02. The molecule has 8 heteroatoms. The van der Waals surface area contributed by atoms with E-state index in [0.717, 1.165) is 5.56 Å². The molecule has 3 atom stereocenters. The Morgan fingerprint density at radius 3 is 1.97 bits per heavy atom. The van der Waals surface area contributed by atoms with Gasteiger partial charge in [0.25, 0.3) is 0 Å². The van der Waals surface area contributed by atoms with Crippen molar-refractivity contribution in [1.82, 2.24) is 4.90 Å². The van der Waals surface area contributed by atoms with Crippen LogP contribution in [0, 0.1) is 0 Å². The molecule has 0 saturated heterocycles. The van der Waals surface area contributed by atoms with Crippen molar-refractivity contribution in [3.63, 3.8) is 0 Å². The molecule has 0 aliphatic heterocycles. The first-order valence-electron chi connectivity index (χ1n) is 11.6. The largest absolute Gasteiger partial charge is 0.455 e. The van der Waals surface area contributed by atoms with Gasteiger partial charge in [-0.1, -0.05) is 36.9 Å². The summed E-state index contributed by atoms with van der Waals surface area (Å²) in [5.41, 5.74) is 1.45. The normalized spacial score (nSPS) is 14.1. The van der Waals surface area contributed by atoms with Crippen molar-refractivity contribution in [3.8, 4) is 0 Å². The summed E-state index contributed by atoms with van der Waals surface area (Å²) >= 11 is 0. The van der Waals surface area contributed by atoms with E-state index < -0.39 is 36.7 Å². The molecule has 1 amide bonds. The highest BCUT2D eigenvalue weighted by atomic mass is 16.7. The van der Waals surface area contributed by atoms with Crippen LogP contribution in [-0.2, 0) is 35.1 Å². The topological polar surface area (TPSA) is 83.5 Å². The van der Waals surface area contributed by atoms with Gasteiger partial charge in [-0.3, -0.25) is 4.79 Å². The van der Waals surface area contributed by atoms with Crippen molar-refractivity contribution >= 4 is 12.1 Å². The third-order valence-corrected chi connectivity index (χ3v) is 5.33. The molecular weight excluding hydrogens is 438 g/mol. The third kappa shape index (κ3) is 9.44. The maximum atomic E-state index is 13.2. The molecule has 0 aliphatic carbocycles. The molecule has 8 nitrogen and oxygen atoms in total. The SMILES string of the molecule is C=C(CC(OC)OC)[C@H](OC(=O)N(C(C)C)C(C)C)[C@H](OC(C)=O)[C@H](C)OCc1ccccc1. The lowest BCUT2D eigenvalue weighted by Gasteiger charge is -2.36. The van der Waals surface area contributed by atoms with Gasteiger partial charge in [-0.25, -0.2) is 4.79 Å². The highest BCUT2D eigenvalue weighted by Crippen LogP contribution is 2.25. The molecule has 1 aromatic rings. The van der Waals surface area contributed by atoms with E-state index in [0.29, 0.717) is 12.2 Å². The number of nitrogens with zero attached hydrogens (tertiary/aromatic N) is 1. The van der Waals surface area contributed by atoms with Crippen molar-refractivity contribution in [3.05, 3.63) is 48.0 Å². The molecule has 0 radical (unpaired) electrons. The molecule has 1 rings (SSSR count). The van der Waals surface area contributed by atoms with Crippen molar-refractivity contribution < 1.29 is 33.3 Å². The summed E-state index contributed by atoms with van der Waals surface area (Å²) in [6.07, 6.45) is -3.40. The lowest BCUT2D eigenvalue weighted by molar-refractivity contribution is -0.165. The number of hydrogen-bond donors (Lipinski definition) is 0. The zero-order valence-electron chi connectivity index (χ0n) is 21.8. The Kier molecular flexibility index (Phi) is 12.9. The fourth-order valence-corrected chi connectivity index (χ4v) is 3.66. The maximum absolute atomic E-state index is 13.2. The van der Waals surface area contributed by atoms with Crippen LogP contribution in [0.25, 0.3) is 0 Å². The van der Waals surface area contributed by atoms with E-state index in [1.54, 1.807) is 11.8 Å². The van der Waals surface area contributed by atoms with Crippen LogP contribution in [0.5, 0.6) is 0 Å². The zero-order chi connectivity index (χ0) is 25.8. The first-order chi connectivity index (χ1) is 16.0. The number of hydrogen-bond acceptors (Lipinski definition) is 7. The van der Waals surface area contributed by atoms with Gasteiger partial charge in [-0.15, -0.1) is 0 Å². The van der Waals surface area contributed by atoms with Gasteiger partial charge in [0.05, 0.1) is 12.7 Å². The molecule has 0 aliphatic rings. The fraction of sp³-hybridized carbons (Fsp3) is 0.615. The molecule has 0 unspecified atom stereocenters. The molecule has 0 bridgehead atoms. The van der Waals surface area contributed by atoms with E-state index in [1.165, 1.54) is 21.1 Å². The number of carbonyl (C=O) groups is 2. The lowest BCUT2D eigenvalue weighted by Crippen LogP contribution is -2.49.